The second kappa shape index (κ2) is 5.39. The first kappa shape index (κ1) is 12.9. The third kappa shape index (κ3) is 3.22. The van der Waals surface area contributed by atoms with Crippen molar-refractivity contribution in [3.8, 4) is 0 Å². The first-order chi connectivity index (χ1) is 9.06. The number of rotatable bonds is 3. The maximum atomic E-state index is 12.8. The van der Waals surface area contributed by atoms with Crippen LogP contribution in [0, 0.1) is 21.7 Å². The van der Waals surface area contributed by atoms with E-state index in [0.29, 0.717) is 5.56 Å². The molecule has 0 unspecified atom stereocenters. The van der Waals surface area contributed by atoms with Gasteiger partial charge in [-0.2, -0.15) is 0 Å². The SMILES string of the molecule is O=[N+]([O-])/C(=C/c1ccc(F)cc1)c1ccc(F)cc1. The zero-order valence-electron chi connectivity index (χ0n) is 9.72. The van der Waals surface area contributed by atoms with E-state index in [4.69, 9.17) is 0 Å². The first-order valence-corrected chi connectivity index (χ1v) is 5.44. The Morgan fingerprint density at radius 1 is 0.947 bits per heavy atom. The minimum atomic E-state index is -0.559. The van der Waals surface area contributed by atoms with Gasteiger partial charge in [0.25, 0.3) is 5.70 Å². The average molecular weight is 261 g/mol. The number of nitrogens with zero attached hydrogens (tertiary/aromatic N) is 1. The van der Waals surface area contributed by atoms with Gasteiger partial charge in [0.1, 0.15) is 11.6 Å². The van der Waals surface area contributed by atoms with E-state index in [-0.39, 0.29) is 11.3 Å². The van der Waals surface area contributed by atoms with E-state index in [1.165, 1.54) is 42.5 Å². The van der Waals surface area contributed by atoms with Crippen molar-refractivity contribution in [3.05, 3.63) is 81.4 Å². The van der Waals surface area contributed by atoms with Crippen LogP contribution in [0.25, 0.3) is 11.8 Å². The summed E-state index contributed by atoms with van der Waals surface area (Å²) in [7, 11) is 0. The number of hydrogen-bond donors (Lipinski definition) is 0. The summed E-state index contributed by atoms with van der Waals surface area (Å²) < 4.78 is 25.5. The molecule has 0 spiro atoms. The van der Waals surface area contributed by atoms with E-state index < -0.39 is 16.6 Å². The van der Waals surface area contributed by atoms with Crippen LogP contribution in [0.5, 0.6) is 0 Å². The van der Waals surface area contributed by atoms with Gasteiger partial charge in [0.15, 0.2) is 0 Å². The van der Waals surface area contributed by atoms with Crippen LogP contribution in [0.3, 0.4) is 0 Å². The lowest BCUT2D eigenvalue weighted by Gasteiger charge is -1.99. The van der Waals surface area contributed by atoms with Gasteiger partial charge in [0, 0.05) is 6.08 Å². The first-order valence-electron chi connectivity index (χ1n) is 5.44. The van der Waals surface area contributed by atoms with Gasteiger partial charge in [-0.05, 0) is 42.0 Å². The Labute approximate surface area is 108 Å². The molecule has 0 aliphatic carbocycles. The largest absolute Gasteiger partial charge is 0.277 e. The summed E-state index contributed by atoms with van der Waals surface area (Å²) in [6.07, 6.45) is 1.31. The molecule has 0 atom stereocenters. The predicted molar refractivity (Wildman–Crippen MR) is 67.7 cm³/mol. The van der Waals surface area contributed by atoms with Crippen molar-refractivity contribution in [1.82, 2.24) is 0 Å². The van der Waals surface area contributed by atoms with Gasteiger partial charge in [-0.3, -0.25) is 10.1 Å². The molecule has 2 aromatic rings. The molecular weight excluding hydrogens is 252 g/mol. The molecule has 0 amide bonds. The fourth-order valence-corrected chi connectivity index (χ4v) is 1.58. The molecule has 0 saturated carbocycles. The molecule has 0 heterocycles. The Hall–Kier alpha value is -2.56. The molecule has 2 rings (SSSR count). The number of benzene rings is 2. The third-order valence-electron chi connectivity index (χ3n) is 2.51. The summed E-state index contributed by atoms with van der Waals surface area (Å²) in [6.45, 7) is 0. The van der Waals surface area contributed by atoms with E-state index >= 15 is 0 Å². The summed E-state index contributed by atoms with van der Waals surface area (Å²) in [5, 5.41) is 11.0. The van der Waals surface area contributed by atoms with E-state index in [0.717, 1.165) is 12.1 Å². The summed E-state index contributed by atoms with van der Waals surface area (Å²) in [5.74, 6) is -0.880. The molecular formula is C14H9F2NO2. The molecule has 19 heavy (non-hydrogen) atoms. The summed E-state index contributed by atoms with van der Waals surface area (Å²) in [5.41, 5.74) is 0.611. The van der Waals surface area contributed by atoms with Gasteiger partial charge >= 0.3 is 0 Å². The summed E-state index contributed by atoms with van der Waals surface area (Å²) in [4.78, 5) is 10.5. The van der Waals surface area contributed by atoms with Crippen LogP contribution in [0.15, 0.2) is 48.5 Å². The zero-order valence-corrected chi connectivity index (χ0v) is 9.72. The van der Waals surface area contributed by atoms with Crippen LogP contribution in [0.1, 0.15) is 11.1 Å². The molecule has 0 radical (unpaired) electrons. The maximum Gasteiger partial charge on any atom is 0.277 e. The van der Waals surface area contributed by atoms with Gasteiger partial charge in [0.2, 0.25) is 0 Å². The Balaban J connectivity index is 2.43. The van der Waals surface area contributed by atoms with Crippen LogP contribution in [0.4, 0.5) is 8.78 Å². The molecule has 3 nitrogen and oxygen atoms in total. The van der Waals surface area contributed by atoms with E-state index in [2.05, 4.69) is 0 Å². The minimum absolute atomic E-state index is 0.174. The van der Waals surface area contributed by atoms with Crippen molar-refractivity contribution < 1.29 is 13.7 Å². The van der Waals surface area contributed by atoms with Crippen LogP contribution in [0.2, 0.25) is 0 Å². The second-order valence-corrected chi connectivity index (χ2v) is 3.85. The molecule has 0 saturated heterocycles. The van der Waals surface area contributed by atoms with Crippen molar-refractivity contribution in [3.63, 3.8) is 0 Å². The maximum absolute atomic E-state index is 12.8. The Bertz CT molecular complexity index is 619. The van der Waals surface area contributed by atoms with Gasteiger partial charge in [-0.25, -0.2) is 8.78 Å². The lowest BCUT2D eigenvalue weighted by molar-refractivity contribution is -0.374. The van der Waals surface area contributed by atoms with Gasteiger partial charge in [-0.15, -0.1) is 0 Å². The van der Waals surface area contributed by atoms with Gasteiger partial charge in [0.05, 0.1) is 10.5 Å². The van der Waals surface area contributed by atoms with Crippen LogP contribution < -0.4 is 0 Å². The molecule has 0 bridgehead atoms. The standard InChI is InChI=1S/C14H9F2NO2/c15-12-5-1-10(2-6-12)9-14(17(18)19)11-3-7-13(16)8-4-11/h1-9H/b14-9+. The van der Waals surface area contributed by atoms with Crippen LogP contribution >= 0.6 is 0 Å². The quantitative estimate of drug-likeness (QED) is 0.480. The minimum Gasteiger partial charge on any atom is -0.258 e. The number of nitro groups is 1. The third-order valence-corrected chi connectivity index (χ3v) is 2.51. The molecule has 2 aromatic carbocycles. The summed E-state index contributed by atoms with van der Waals surface area (Å²) >= 11 is 0. The monoisotopic (exact) mass is 261 g/mol. The van der Waals surface area contributed by atoms with Gasteiger partial charge < -0.3 is 0 Å². The highest BCUT2D eigenvalue weighted by Crippen LogP contribution is 2.19. The van der Waals surface area contributed by atoms with E-state index in [1.54, 1.807) is 0 Å². The van der Waals surface area contributed by atoms with Gasteiger partial charge in [-0.1, -0.05) is 12.1 Å². The Kier molecular flexibility index (Phi) is 3.66. The highest BCUT2D eigenvalue weighted by Gasteiger charge is 2.14. The predicted octanol–water partition coefficient (Wildman–Crippen LogP) is 3.74. The van der Waals surface area contributed by atoms with Crippen LogP contribution in [-0.2, 0) is 0 Å². The lowest BCUT2D eigenvalue weighted by atomic mass is 10.1. The highest BCUT2D eigenvalue weighted by molar-refractivity contribution is 5.76. The summed E-state index contributed by atoms with van der Waals surface area (Å²) in [6, 6.07) is 10.3. The molecule has 0 aliphatic heterocycles. The molecule has 0 fully saturated rings. The average Bonchev–Trinajstić information content (AvgIpc) is 2.39. The fraction of sp³-hybridized carbons (Fsp3) is 0. The zero-order chi connectivity index (χ0) is 13.8. The van der Waals surface area contributed by atoms with Crippen molar-refractivity contribution in [2.24, 2.45) is 0 Å². The normalized spacial score (nSPS) is 11.4. The Morgan fingerprint density at radius 2 is 1.42 bits per heavy atom. The van der Waals surface area contributed by atoms with Crippen LogP contribution in [-0.4, -0.2) is 4.92 Å². The molecule has 5 heteroatoms. The second-order valence-electron chi connectivity index (χ2n) is 3.85. The lowest BCUT2D eigenvalue weighted by Crippen LogP contribution is -1.98. The fourth-order valence-electron chi connectivity index (χ4n) is 1.58. The molecule has 96 valence electrons. The van der Waals surface area contributed by atoms with Crippen molar-refractivity contribution in [2.45, 2.75) is 0 Å². The smallest absolute Gasteiger partial charge is 0.258 e. The van der Waals surface area contributed by atoms with E-state index in [9.17, 15) is 18.9 Å². The molecule has 0 aromatic heterocycles. The van der Waals surface area contributed by atoms with Crippen molar-refractivity contribution >= 4 is 11.8 Å². The molecule has 0 aliphatic rings. The topological polar surface area (TPSA) is 43.1 Å². The van der Waals surface area contributed by atoms with E-state index in [1.807, 2.05) is 0 Å². The van der Waals surface area contributed by atoms with Crippen molar-refractivity contribution in [2.75, 3.05) is 0 Å². The number of hydrogen-bond acceptors (Lipinski definition) is 2. The number of halogens is 2. The van der Waals surface area contributed by atoms with Crippen molar-refractivity contribution in [1.29, 1.82) is 0 Å². The Morgan fingerprint density at radius 3 is 1.89 bits per heavy atom. The molecule has 0 N–H and O–H groups in total. The highest BCUT2D eigenvalue weighted by atomic mass is 19.1.